The van der Waals surface area contributed by atoms with E-state index in [2.05, 4.69) is 4.90 Å². The Balaban J connectivity index is 1.22. The van der Waals surface area contributed by atoms with E-state index < -0.39 is 0 Å². The number of benzene rings is 2. The molecule has 3 aromatic rings. The maximum absolute atomic E-state index is 13.1. The summed E-state index contributed by atoms with van der Waals surface area (Å²) < 4.78 is 5.42. The van der Waals surface area contributed by atoms with Gasteiger partial charge in [0.1, 0.15) is 11.1 Å². The molecule has 5 rings (SSSR count). The van der Waals surface area contributed by atoms with Crippen LogP contribution in [0.2, 0.25) is 5.02 Å². The molecule has 0 saturated carbocycles. The van der Waals surface area contributed by atoms with Crippen molar-refractivity contribution < 1.29 is 14.0 Å². The van der Waals surface area contributed by atoms with Crippen LogP contribution in [0.3, 0.4) is 0 Å². The van der Waals surface area contributed by atoms with Gasteiger partial charge in [-0.1, -0.05) is 29.8 Å². The zero-order valence-electron chi connectivity index (χ0n) is 18.0. The highest BCUT2D eigenvalue weighted by atomic mass is 35.5. The third-order valence-corrected chi connectivity index (χ3v) is 7.55. The number of anilines is 1. The molecule has 0 unspecified atom stereocenters. The molecule has 2 saturated heterocycles. The van der Waals surface area contributed by atoms with Crippen molar-refractivity contribution in [2.45, 2.75) is 11.9 Å². The average Bonchev–Trinajstić information content (AvgIpc) is 3.49. The van der Waals surface area contributed by atoms with E-state index in [4.69, 9.17) is 16.0 Å². The molecular weight excluding hydrogens is 458 g/mol. The first-order valence-electron chi connectivity index (χ1n) is 10.9. The standard InChI is InChI=1S/C25H24ClN3O3S/c26-20-3-1-4-21(15-20)27-10-12-28(13-11-27)24(31)18-6-8-19(9-7-18)25-29(23(30)17-33-25)16-22-5-2-14-32-22/h1-9,14-15,25H,10-13,16-17H2/t25-/m1/s1. The van der Waals surface area contributed by atoms with Crippen molar-refractivity contribution in [1.82, 2.24) is 9.80 Å². The number of nitrogens with zero attached hydrogens (tertiary/aromatic N) is 3. The van der Waals surface area contributed by atoms with Crippen LogP contribution in [0.1, 0.15) is 27.1 Å². The van der Waals surface area contributed by atoms with Crippen molar-refractivity contribution in [1.29, 1.82) is 0 Å². The number of rotatable bonds is 5. The van der Waals surface area contributed by atoms with Gasteiger partial charge in [-0.25, -0.2) is 0 Å². The second-order valence-corrected chi connectivity index (χ2v) is 9.65. The summed E-state index contributed by atoms with van der Waals surface area (Å²) >= 11 is 7.72. The summed E-state index contributed by atoms with van der Waals surface area (Å²) in [7, 11) is 0. The van der Waals surface area contributed by atoms with Crippen LogP contribution in [0, 0.1) is 0 Å². The van der Waals surface area contributed by atoms with E-state index in [1.807, 2.05) is 70.5 Å². The van der Waals surface area contributed by atoms with Crippen LogP contribution in [-0.2, 0) is 11.3 Å². The molecule has 8 heteroatoms. The summed E-state index contributed by atoms with van der Waals surface area (Å²) in [4.78, 5) is 31.4. The Labute approximate surface area is 202 Å². The second-order valence-electron chi connectivity index (χ2n) is 8.15. The van der Waals surface area contributed by atoms with E-state index in [0.29, 0.717) is 31.0 Å². The van der Waals surface area contributed by atoms with Gasteiger partial charge in [0.05, 0.1) is 18.6 Å². The lowest BCUT2D eigenvalue weighted by Gasteiger charge is -2.36. The van der Waals surface area contributed by atoms with Gasteiger partial charge in [0.25, 0.3) is 5.91 Å². The zero-order valence-corrected chi connectivity index (χ0v) is 19.6. The molecule has 1 atom stereocenters. The van der Waals surface area contributed by atoms with Crippen molar-refractivity contribution in [2.75, 3.05) is 36.8 Å². The molecule has 6 nitrogen and oxygen atoms in total. The molecule has 2 fully saturated rings. The molecule has 0 N–H and O–H groups in total. The monoisotopic (exact) mass is 481 g/mol. The molecule has 2 amide bonds. The molecule has 2 aliphatic rings. The zero-order chi connectivity index (χ0) is 22.8. The van der Waals surface area contributed by atoms with Gasteiger partial charge < -0.3 is 19.1 Å². The van der Waals surface area contributed by atoms with E-state index in [9.17, 15) is 9.59 Å². The highest BCUT2D eigenvalue weighted by Crippen LogP contribution is 2.39. The van der Waals surface area contributed by atoms with Crippen molar-refractivity contribution in [3.63, 3.8) is 0 Å². The largest absolute Gasteiger partial charge is 0.467 e. The van der Waals surface area contributed by atoms with Gasteiger partial charge in [0, 0.05) is 42.5 Å². The van der Waals surface area contributed by atoms with Crippen molar-refractivity contribution in [3.05, 3.63) is 88.8 Å². The molecule has 2 aromatic carbocycles. The van der Waals surface area contributed by atoms with E-state index in [0.717, 1.165) is 35.1 Å². The first-order chi connectivity index (χ1) is 16.1. The van der Waals surface area contributed by atoms with Gasteiger partial charge >= 0.3 is 0 Å². The lowest BCUT2D eigenvalue weighted by atomic mass is 10.1. The van der Waals surface area contributed by atoms with E-state index in [1.54, 1.807) is 18.0 Å². The summed E-state index contributed by atoms with van der Waals surface area (Å²) in [5.41, 5.74) is 2.77. The van der Waals surface area contributed by atoms with Crippen LogP contribution < -0.4 is 4.90 Å². The summed E-state index contributed by atoms with van der Waals surface area (Å²) in [5.74, 6) is 1.34. The van der Waals surface area contributed by atoms with Crippen molar-refractivity contribution >= 4 is 40.9 Å². The van der Waals surface area contributed by atoms with E-state index in [1.165, 1.54) is 0 Å². The number of hydrogen-bond donors (Lipinski definition) is 0. The number of amides is 2. The minimum absolute atomic E-state index is 0.0369. The lowest BCUT2D eigenvalue weighted by Crippen LogP contribution is -2.48. The van der Waals surface area contributed by atoms with Crippen LogP contribution in [0.5, 0.6) is 0 Å². The second kappa shape index (κ2) is 9.53. The van der Waals surface area contributed by atoms with Crippen molar-refractivity contribution in [2.24, 2.45) is 0 Å². The highest BCUT2D eigenvalue weighted by molar-refractivity contribution is 8.00. The normalized spacial score (nSPS) is 18.8. The Morgan fingerprint density at radius 2 is 1.82 bits per heavy atom. The van der Waals surface area contributed by atoms with Crippen LogP contribution in [0.4, 0.5) is 5.69 Å². The quantitative estimate of drug-likeness (QED) is 0.530. The van der Waals surface area contributed by atoms with Crippen LogP contribution in [0.15, 0.2) is 71.3 Å². The fraction of sp³-hybridized carbons (Fsp3) is 0.280. The molecule has 0 spiro atoms. The minimum atomic E-state index is -0.0759. The Morgan fingerprint density at radius 3 is 2.52 bits per heavy atom. The Morgan fingerprint density at radius 1 is 1.03 bits per heavy atom. The highest BCUT2D eigenvalue weighted by Gasteiger charge is 2.33. The predicted octanol–water partition coefficient (Wildman–Crippen LogP) is 4.67. The Hall–Kier alpha value is -2.90. The summed E-state index contributed by atoms with van der Waals surface area (Å²) in [6.45, 7) is 3.31. The maximum atomic E-state index is 13.1. The number of furan rings is 1. The molecular formula is C25H24ClN3O3S. The maximum Gasteiger partial charge on any atom is 0.253 e. The molecule has 2 aliphatic heterocycles. The number of carbonyl (C=O) groups is 2. The molecule has 170 valence electrons. The summed E-state index contributed by atoms with van der Waals surface area (Å²) in [6, 6.07) is 19.2. The van der Waals surface area contributed by atoms with Crippen LogP contribution >= 0.6 is 23.4 Å². The number of thioether (sulfide) groups is 1. The third-order valence-electron chi connectivity index (χ3n) is 6.06. The molecule has 0 bridgehead atoms. The molecule has 0 aliphatic carbocycles. The summed E-state index contributed by atoms with van der Waals surface area (Å²) in [5, 5.41) is 0.643. The first kappa shape index (κ1) is 21.9. The number of carbonyl (C=O) groups excluding carboxylic acids is 2. The van der Waals surface area contributed by atoms with Gasteiger partial charge in [0.15, 0.2) is 0 Å². The van der Waals surface area contributed by atoms with Gasteiger partial charge in [-0.15, -0.1) is 11.8 Å². The van der Waals surface area contributed by atoms with Crippen LogP contribution in [-0.4, -0.2) is 53.5 Å². The topological polar surface area (TPSA) is 57.0 Å². The van der Waals surface area contributed by atoms with Crippen LogP contribution in [0.25, 0.3) is 0 Å². The van der Waals surface area contributed by atoms with Gasteiger partial charge in [-0.3, -0.25) is 9.59 Å². The number of hydrogen-bond acceptors (Lipinski definition) is 5. The summed E-state index contributed by atoms with van der Waals surface area (Å²) in [6.07, 6.45) is 1.62. The fourth-order valence-corrected chi connectivity index (χ4v) is 5.66. The van der Waals surface area contributed by atoms with Gasteiger partial charge in [0.2, 0.25) is 5.91 Å². The van der Waals surface area contributed by atoms with E-state index in [-0.39, 0.29) is 17.2 Å². The molecule has 1 aromatic heterocycles. The fourth-order valence-electron chi connectivity index (χ4n) is 4.29. The first-order valence-corrected chi connectivity index (χ1v) is 12.3. The number of halogens is 1. The lowest BCUT2D eigenvalue weighted by molar-refractivity contribution is -0.128. The number of piperazine rings is 1. The smallest absolute Gasteiger partial charge is 0.253 e. The SMILES string of the molecule is O=C(c1ccc([C@H]2SCC(=O)N2Cc2ccco2)cc1)N1CCN(c2cccc(Cl)c2)CC1. The predicted molar refractivity (Wildman–Crippen MR) is 130 cm³/mol. The minimum Gasteiger partial charge on any atom is -0.467 e. The molecule has 3 heterocycles. The average molecular weight is 482 g/mol. The third kappa shape index (κ3) is 4.75. The Kier molecular flexibility index (Phi) is 6.33. The Bertz CT molecular complexity index is 1130. The van der Waals surface area contributed by atoms with E-state index >= 15 is 0 Å². The molecule has 0 radical (unpaired) electrons. The van der Waals surface area contributed by atoms with Gasteiger partial charge in [-0.2, -0.15) is 0 Å². The van der Waals surface area contributed by atoms with Crippen molar-refractivity contribution in [3.8, 4) is 0 Å². The van der Waals surface area contributed by atoms with Gasteiger partial charge in [-0.05, 0) is 48.0 Å². The molecule has 33 heavy (non-hydrogen) atoms.